The standard InChI is InChI=1S/C14H20FNO3S/c1-10-9-11(15)6-7-12(10)20(18,19)16-8-4-5-13(16)14(2,3)17/h6-7,9,13,17H,4-5,8H2,1-3H3. The number of sulfonamides is 1. The van der Waals surface area contributed by atoms with Crippen LogP contribution >= 0.6 is 0 Å². The van der Waals surface area contributed by atoms with Gasteiger partial charge in [-0.25, -0.2) is 12.8 Å². The molecule has 0 bridgehead atoms. The second-order valence-corrected chi connectivity index (χ2v) is 7.70. The van der Waals surface area contributed by atoms with Crippen molar-refractivity contribution < 1.29 is 17.9 Å². The number of aliphatic hydroxyl groups is 1. The predicted molar refractivity (Wildman–Crippen MR) is 74.3 cm³/mol. The van der Waals surface area contributed by atoms with E-state index in [4.69, 9.17) is 0 Å². The molecule has 1 heterocycles. The minimum atomic E-state index is -3.71. The highest BCUT2D eigenvalue weighted by Crippen LogP contribution is 2.33. The van der Waals surface area contributed by atoms with E-state index in [1.54, 1.807) is 20.8 Å². The van der Waals surface area contributed by atoms with Crippen LogP contribution < -0.4 is 0 Å². The molecule has 1 fully saturated rings. The van der Waals surface area contributed by atoms with Crippen LogP contribution in [0.4, 0.5) is 4.39 Å². The van der Waals surface area contributed by atoms with Gasteiger partial charge in [0.15, 0.2) is 0 Å². The Balaban J connectivity index is 2.44. The summed E-state index contributed by atoms with van der Waals surface area (Å²) in [7, 11) is -3.71. The van der Waals surface area contributed by atoms with Crippen LogP contribution in [0.25, 0.3) is 0 Å². The van der Waals surface area contributed by atoms with E-state index in [2.05, 4.69) is 0 Å². The SMILES string of the molecule is Cc1cc(F)ccc1S(=O)(=O)N1CCCC1C(C)(C)O. The first-order valence-corrected chi connectivity index (χ1v) is 8.08. The van der Waals surface area contributed by atoms with E-state index in [0.29, 0.717) is 24.9 Å². The molecule has 0 aromatic heterocycles. The fraction of sp³-hybridized carbons (Fsp3) is 0.571. The van der Waals surface area contributed by atoms with Crippen molar-refractivity contribution in [3.63, 3.8) is 0 Å². The summed E-state index contributed by atoms with van der Waals surface area (Å²) < 4.78 is 39.9. The van der Waals surface area contributed by atoms with E-state index in [9.17, 15) is 17.9 Å². The first-order valence-electron chi connectivity index (χ1n) is 6.64. The van der Waals surface area contributed by atoms with Gasteiger partial charge in [0, 0.05) is 6.54 Å². The number of rotatable bonds is 3. The number of halogens is 1. The summed E-state index contributed by atoms with van der Waals surface area (Å²) in [6.45, 7) is 5.19. The van der Waals surface area contributed by atoms with Crippen LogP contribution in [-0.4, -0.2) is 36.0 Å². The fourth-order valence-electron chi connectivity index (χ4n) is 2.76. The average Bonchev–Trinajstić information content (AvgIpc) is 2.77. The molecule has 6 heteroatoms. The summed E-state index contributed by atoms with van der Waals surface area (Å²) in [5.74, 6) is -0.457. The van der Waals surface area contributed by atoms with Crippen molar-refractivity contribution in [1.82, 2.24) is 4.31 Å². The van der Waals surface area contributed by atoms with Gasteiger partial charge >= 0.3 is 0 Å². The molecule has 1 saturated heterocycles. The third-order valence-corrected chi connectivity index (χ3v) is 5.81. The van der Waals surface area contributed by atoms with Crippen LogP contribution in [0.1, 0.15) is 32.3 Å². The summed E-state index contributed by atoms with van der Waals surface area (Å²) in [4.78, 5) is 0.107. The Bertz CT molecular complexity index is 607. The first-order chi connectivity index (χ1) is 9.14. The average molecular weight is 301 g/mol. The Kier molecular flexibility index (Phi) is 3.92. The van der Waals surface area contributed by atoms with Crippen LogP contribution in [0, 0.1) is 12.7 Å². The molecule has 2 rings (SSSR count). The zero-order chi connectivity index (χ0) is 15.1. The largest absolute Gasteiger partial charge is 0.389 e. The van der Waals surface area contributed by atoms with Crippen molar-refractivity contribution >= 4 is 10.0 Å². The molecule has 112 valence electrons. The zero-order valence-corrected chi connectivity index (χ0v) is 12.7. The van der Waals surface area contributed by atoms with Gasteiger partial charge in [-0.05, 0) is 57.4 Å². The maximum absolute atomic E-state index is 13.1. The lowest BCUT2D eigenvalue weighted by Gasteiger charge is -2.33. The summed E-state index contributed by atoms with van der Waals surface area (Å²) in [6.07, 6.45) is 1.34. The maximum Gasteiger partial charge on any atom is 0.243 e. The summed E-state index contributed by atoms with van der Waals surface area (Å²) in [5, 5.41) is 10.1. The van der Waals surface area contributed by atoms with Gasteiger partial charge in [-0.2, -0.15) is 4.31 Å². The van der Waals surface area contributed by atoms with Crippen LogP contribution in [-0.2, 0) is 10.0 Å². The number of benzene rings is 1. The second-order valence-electron chi connectivity index (χ2n) is 5.84. The zero-order valence-electron chi connectivity index (χ0n) is 11.9. The fourth-order valence-corrected chi connectivity index (χ4v) is 4.79. The van der Waals surface area contributed by atoms with E-state index in [1.807, 2.05) is 0 Å². The quantitative estimate of drug-likeness (QED) is 0.929. The number of hydrogen-bond donors (Lipinski definition) is 1. The number of aryl methyl sites for hydroxylation is 1. The second kappa shape index (κ2) is 5.09. The van der Waals surface area contributed by atoms with Gasteiger partial charge in [-0.15, -0.1) is 0 Å². The Morgan fingerprint density at radius 2 is 2.05 bits per heavy atom. The van der Waals surface area contributed by atoms with E-state index in [1.165, 1.54) is 16.4 Å². The Hall–Kier alpha value is -0.980. The van der Waals surface area contributed by atoms with Gasteiger partial charge in [0.25, 0.3) is 0 Å². The van der Waals surface area contributed by atoms with Crippen molar-refractivity contribution in [2.75, 3.05) is 6.54 Å². The normalized spacial score (nSPS) is 21.4. The van der Waals surface area contributed by atoms with E-state index in [0.717, 1.165) is 6.07 Å². The summed E-state index contributed by atoms with van der Waals surface area (Å²) in [5.41, 5.74) is -0.719. The lowest BCUT2D eigenvalue weighted by atomic mass is 9.98. The van der Waals surface area contributed by atoms with Gasteiger partial charge in [0.1, 0.15) is 5.82 Å². The first kappa shape index (κ1) is 15.4. The van der Waals surface area contributed by atoms with Gasteiger partial charge < -0.3 is 5.11 Å². The smallest absolute Gasteiger partial charge is 0.243 e. The Morgan fingerprint density at radius 1 is 1.40 bits per heavy atom. The van der Waals surface area contributed by atoms with E-state index < -0.39 is 27.5 Å². The lowest BCUT2D eigenvalue weighted by molar-refractivity contribution is 0.0215. The molecule has 0 amide bonds. The number of nitrogens with zero attached hydrogens (tertiary/aromatic N) is 1. The van der Waals surface area contributed by atoms with Crippen molar-refractivity contribution in [2.45, 2.75) is 50.2 Å². The third kappa shape index (κ3) is 2.73. The molecule has 4 nitrogen and oxygen atoms in total. The van der Waals surface area contributed by atoms with Crippen molar-refractivity contribution in [3.8, 4) is 0 Å². The highest BCUT2D eigenvalue weighted by Gasteiger charge is 2.42. The molecular formula is C14H20FNO3S. The van der Waals surface area contributed by atoms with Crippen LogP contribution in [0.15, 0.2) is 23.1 Å². The van der Waals surface area contributed by atoms with Crippen LogP contribution in [0.2, 0.25) is 0 Å². The molecule has 20 heavy (non-hydrogen) atoms. The van der Waals surface area contributed by atoms with E-state index in [-0.39, 0.29) is 4.90 Å². The van der Waals surface area contributed by atoms with E-state index >= 15 is 0 Å². The monoisotopic (exact) mass is 301 g/mol. The molecule has 1 aliphatic rings. The molecule has 1 unspecified atom stereocenters. The molecule has 0 radical (unpaired) electrons. The Morgan fingerprint density at radius 3 is 2.60 bits per heavy atom. The molecule has 1 aromatic carbocycles. The maximum atomic E-state index is 13.1. The molecular weight excluding hydrogens is 281 g/mol. The summed E-state index contributed by atoms with van der Waals surface area (Å²) >= 11 is 0. The van der Waals surface area contributed by atoms with Gasteiger partial charge in [0.05, 0.1) is 16.5 Å². The number of hydrogen-bond acceptors (Lipinski definition) is 3. The molecule has 1 atom stereocenters. The van der Waals surface area contributed by atoms with Crippen molar-refractivity contribution in [1.29, 1.82) is 0 Å². The molecule has 1 aliphatic heterocycles. The molecule has 0 spiro atoms. The molecule has 1 aromatic rings. The van der Waals surface area contributed by atoms with Crippen molar-refractivity contribution in [3.05, 3.63) is 29.6 Å². The van der Waals surface area contributed by atoms with Crippen LogP contribution in [0.5, 0.6) is 0 Å². The summed E-state index contributed by atoms with van der Waals surface area (Å²) in [6, 6.07) is 3.20. The van der Waals surface area contributed by atoms with Gasteiger partial charge in [-0.3, -0.25) is 0 Å². The molecule has 1 N–H and O–H groups in total. The van der Waals surface area contributed by atoms with Gasteiger partial charge in [0.2, 0.25) is 10.0 Å². The highest BCUT2D eigenvalue weighted by atomic mass is 32.2. The minimum Gasteiger partial charge on any atom is -0.389 e. The highest BCUT2D eigenvalue weighted by molar-refractivity contribution is 7.89. The predicted octanol–water partition coefficient (Wildman–Crippen LogP) is 2.06. The Labute approximate surface area is 119 Å². The molecule has 0 aliphatic carbocycles. The minimum absolute atomic E-state index is 0.107. The van der Waals surface area contributed by atoms with Crippen LogP contribution in [0.3, 0.4) is 0 Å². The lowest BCUT2D eigenvalue weighted by Crippen LogP contribution is -2.48. The van der Waals surface area contributed by atoms with Crippen molar-refractivity contribution in [2.24, 2.45) is 0 Å². The topological polar surface area (TPSA) is 57.6 Å². The van der Waals surface area contributed by atoms with Gasteiger partial charge in [-0.1, -0.05) is 0 Å². The molecule has 0 saturated carbocycles. The third-order valence-electron chi connectivity index (χ3n) is 3.74.